The van der Waals surface area contributed by atoms with Crippen molar-refractivity contribution in [3.63, 3.8) is 0 Å². The molecule has 0 fully saturated rings. The van der Waals surface area contributed by atoms with Gasteiger partial charge in [-0.15, -0.1) is 0 Å². The molecule has 5 N–H and O–H groups in total. The number of hydrogen-bond acceptors (Lipinski definition) is 5. The number of aliphatic carboxylic acids is 2. The van der Waals surface area contributed by atoms with Crippen molar-refractivity contribution in [1.82, 2.24) is 5.32 Å². The number of carboxylic acid groups (broad SMARTS) is 2. The number of phenols is 1. The predicted molar refractivity (Wildman–Crippen MR) is 64.9 cm³/mol. The lowest BCUT2D eigenvalue weighted by Crippen LogP contribution is -2.44. The SMILES string of the molecule is Cc1ccc(O)c(C(NC(CO)C(=O)O)C(=O)O)c1. The van der Waals surface area contributed by atoms with E-state index in [4.69, 9.17) is 15.3 Å². The summed E-state index contributed by atoms with van der Waals surface area (Å²) in [5.74, 6) is -2.98. The normalized spacial score (nSPS) is 13.8. The number of rotatable bonds is 6. The van der Waals surface area contributed by atoms with Crippen molar-refractivity contribution in [3.8, 4) is 5.75 Å². The molecular weight excluding hydrogens is 254 g/mol. The maximum atomic E-state index is 11.2. The maximum Gasteiger partial charge on any atom is 0.325 e. The largest absolute Gasteiger partial charge is 0.508 e. The van der Waals surface area contributed by atoms with E-state index in [1.54, 1.807) is 13.0 Å². The van der Waals surface area contributed by atoms with Crippen LogP contribution in [0.3, 0.4) is 0 Å². The Balaban J connectivity index is 3.10. The Morgan fingerprint density at radius 2 is 1.89 bits per heavy atom. The first-order valence-electron chi connectivity index (χ1n) is 5.48. The zero-order valence-corrected chi connectivity index (χ0v) is 10.2. The van der Waals surface area contributed by atoms with E-state index in [2.05, 4.69) is 5.32 Å². The van der Waals surface area contributed by atoms with Crippen LogP contribution in [-0.2, 0) is 9.59 Å². The van der Waals surface area contributed by atoms with E-state index >= 15 is 0 Å². The molecule has 7 heteroatoms. The van der Waals surface area contributed by atoms with Crippen LogP contribution in [0, 0.1) is 6.92 Å². The minimum absolute atomic E-state index is 0.0483. The van der Waals surface area contributed by atoms with Crippen LogP contribution in [-0.4, -0.2) is 45.0 Å². The molecule has 0 spiro atoms. The minimum Gasteiger partial charge on any atom is -0.508 e. The highest BCUT2D eigenvalue weighted by Gasteiger charge is 2.28. The van der Waals surface area contributed by atoms with Crippen LogP contribution in [0.4, 0.5) is 0 Å². The Hall–Kier alpha value is -2.12. The number of hydrogen-bond donors (Lipinski definition) is 5. The molecule has 104 valence electrons. The summed E-state index contributed by atoms with van der Waals surface area (Å²) in [7, 11) is 0. The molecule has 19 heavy (non-hydrogen) atoms. The average Bonchev–Trinajstić information content (AvgIpc) is 2.33. The van der Waals surface area contributed by atoms with E-state index in [0.717, 1.165) is 5.56 Å². The van der Waals surface area contributed by atoms with Gasteiger partial charge < -0.3 is 20.4 Å². The van der Waals surface area contributed by atoms with Gasteiger partial charge in [-0.1, -0.05) is 17.7 Å². The molecule has 0 aliphatic heterocycles. The molecule has 0 aliphatic carbocycles. The molecule has 0 saturated heterocycles. The highest BCUT2D eigenvalue weighted by Crippen LogP contribution is 2.25. The molecular formula is C12H15NO6. The smallest absolute Gasteiger partial charge is 0.325 e. The molecule has 7 nitrogen and oxygen atoms in total. The van der Waals surface area contributed by atoms with Crippen molar-refractivity contribution >= 4 is 11.9 Å². The number of benzene rings is 1. The summed E-state index contributed by atoms with van der Waals surface area (Å²) in [4.78, 5) is 22.0. The standard InChI is InChI=1S/C12H15NO6/c1-6-2-3-9(15)7(4-6)10(12(18)19)13-8(5-14)11(16)17/h2-4,8,10,13-15H,5H2,1H3,(H,16,17)(H,18,19). The topological polar surface area (TPSA) is 127 Å². The summed E-state index contributed by atoms with van der Waals surface area (Å²) >= 11 is 0. The Morgan fingerprint density at radius 3 is 2.37 bits per heavy atom. The van der Waals surface area contributed by atoms with Gasteiger partial charge in [0.2, 0.25) is 0 Å². The first-order chi connectivity index (χ1) is 8.86. The van der Waals surface area contributed by atoms with Gasteiger partial charge in [0.1, 0.15) is 17.8 Å². The van der Waals surface area contributed by atoms with Crippen LogP contribution in [0.5, 0.6) is 5.75 Å². The van der Waals surface area contributed by atoms with Gasteiger partial charge in [0.15, 0.2) is 0 Å². The molecule has 0 radical (unpaired) electrons. The number of aromatic hydroxyl groups is 1. The van der Waals surface area contributed by atoms with Gasteiger partial charge in [0.05, 0.1) is 6.61 Å². The van der Waals surface area contributed by atoms with Gasteiger partial charge in [-0.2, -0.15) is 0 Å². The number of carbonyl (C=O) groups is 2. The van der Waals surface area contributed by atoms with Gasteiger partial charge >= 0.3 is 11.9 Å². The molecule has 1 aromatic carbocycles. The number of aliphatic hydroxyl groups excluding tert-OH is 1. The summed E-state index contributed by atoms with van der Waals surface area (Å²) in [5, 5.41) is 38.8. The zero-order chi connectivity index (χ0) is 14.6. The van der Waals surface area contributed by atoms with Crippen LogP contribution >= 0.6 is 0 Å². The number of carboxylic acids is 2. The van der Waals surface area contributed by atoms with Gasteiger partial charge in [0, 0.05) is 5.56 Å². The van der Waals surface area contributed by atoms with Crippen molar-refractivity contribution in [2.75, 3.05) is 6.61 Å². The fourth-order valence-corrected chi connectivity index (χ4v) is 1.60. The number of phenolic OH excluding ortho intramolecular Hbond substituents is 1. The van der Waals surface area contributed by atoms with Crippen LogP contribution in [0.25, 0.3) is 0 Å². The first-order valence-corrected chi connectivity index (χ1v) is 5.48. The second-order valence-electron chi connectivity index (χ2n) is 4.07. The second kappa shape index (κ2) is 6.17. The molecule has 0 bridgehead atoms. The van der Waals surface area contributed by atoms with Gasteiger partial charge in [-0.25, -0.2) is 0 Å². The van der Waals surface area contributed by atoms with E-state index in [9.17, 15) is 14.7 Å². The lowest BCUT2D eigenvalue weighted by atomic mass is 10.0. The molecule has 0 amide bonds. The molecule has 2 atom stereocenters. The fraction of sp³-hybridized carbons (Fsp3) is 0.333. The van der Waals surface area contributed by atoms with Crippen molar-refractivity contribution in [2.24, 2.45) is 0 Å². The van der Waals surface area contributed by atoms with Crippen LogP contribution in [0.15, 0.2) is 18.2 Å². The van der Waals surface area contributed by atoms with Crippen molar-refractivity contribution < 1.29 is 30.0 Å². The summed E-state index contributed by atoms with van der Waals surface area (Å²) in [6.07, 6.45) is 0. The van der Waals surface area contributed by atoms with Crippen molar-refractivity contribution in [1.29, 1.82) is 0 Å². The van der Waals surface area contributed by atoms with Gasteiger partial charge in [-0.3, -0.25) is 14.9 Å². The molecule has 2 unspecified atom stereocenters. The second-order valence-corrected chi connectivity index (χ2v) is 4.07. The molecule has 1 rings (SSSR count). The number of aryl methyl sites for hydroxylation is 1. The van der Waals surface area contributed by atoms with Crippen LogP contribution in [0.1, 0.15) is 17.2 Å². The molecule has 0 aliphatic rings. The Bertz CT molecular complexity index is 487. The number of aliphatic hydroxyl groups is 1. The van der Waals surface area contributed by atoms with Crippen molar-refractivity contribution in [2.45, 2.75) is 19.0 Å². The summed E-state index contributed by atoms with van der Waals surface area (Å²) < 4.78 is 0. The zero-order valence-electron chi connectivity index (χ0n) is 10.2. The van der Waals surface area contributed by atoms with Crippen LogP contribution in [0.2, 0.25) is 0 Å². The molecule has 0 saturated carbocycles. The molecule has 1 aromatic rings. The van der Waals surface area contributed by atoms with E-state index < -0.39 is 30.6 Å². The third kappa shape index (κ3) is 3.67. The lowest BCUT2D eigenvalue weighted by Gasteiger charge is -2.20. The first kappa shape index (κ1) is 14.9. The van der Waals surface area contributed by atoms with Crippen molar-refractivity contribution in [3.05, 3.63) is 29.3 Å². The summed E-state index contributed by atoms with van der Waals surface area (Å²) in [5.41, 5.74) is 0.768. The minimum atomic E-state index is -1.43. The summed E-state index contributed by atoms with van der Waals surface area (Å²) in [6.45, 7) is 0.953. The van der Waals surface area contributed by atoms with E-state index in [1.165, 1.54) is 12.1 Å². The Kier molecular flexibility index (Phi) is 4.85. The van der Waals surface area contributed by atoms with E-state index in [1.807, 2.05) is 0 Å². The quantitative estimate of drug-likeness (QED) is 0.486. The molecule has 0 aromatic heterocycles. The highest BCUT2D eigenvalue weighted by atomic mass is 16.4. The Morgan fingerprint density at radius 1 is 1.26 bits per heavy atom. The lowest BCUT2D eigenvalue weighted by molar-refractivity contribution is -0.143. The highest BCUT2D eigenvalue weighted by molar-refractivity contribution is 5.79. The van der Waals surface area contributed by atoms with Gasteiger partial charge in [0.25, 0.3) is 0 Å². The summed E-state index contributed by atoms with van der Waals surface area (Å²) in [6, 6.07) is 1.52. The third-order valence-corrected chi connectivity index (χ3v) is 2.59. The monoisotopic (exact) mass is 269 g/mol. The molecule has 0 heterocycles. The van der Waals surface area contributed by atoms with E-state index in [0.29, 0.717) is 0 Å². The van der Waals surface area contributed by atoms with Gasteiger partial charge in [-0.05, 0) is 13.0 Å². The average molecular weight is 269 g/mol. The fourth-order valence-electron chi connectivity index (χ4n) is 1.60. The predicted octanol–water partition coefficient (Wildman–Crippen LogP) is -0.139. The number of nitrogens with one attached hydrogen (secondary N) is 1. The van der Waals surface area contributed by atoms with Crippen LogP contribution < -0.4 is 5.32 Å². The Labute approximate surface area is 109 Å². The third-order valence-electron chi connectivity index (χ3n) is 2.59. The van der Waals surface area contributed by atoms with E-state index in [-0.39, 0.29) is 11.3 Å². The maximum absolute atomic E-state index is 11.2.